The van der Waals surface area contributed by atoms with E-state index in [-0.39, 0.29) is 23.9 Å². The molecule has 0 saturated heterocycles. The van der Waals surface area contributed by atoms with E-state index in [0.717, 1.165) is 28.5 Å². The first-order chi connectivity index (χ1) is 14.4. The van der Waals surface area contributed by atoms with Crippen molar-refractivity contribution in [1.29, 1.82) is 0 Å². The van der Waals surface area contributed by atoms with Crippen LogP contribution in [0, 0.1) is 23.2 Å². The second-order valence-electron chi connectivity index (χ2n) is 10.2. The molecule has 4 saturated carbocycles. The molecule has 1 heterocycles. The van der Waals surface area contributed by atoms with Crippen LogP contribution in [0.2, 0.25) is 0 Å². The number of nitrogens with zero attached hydrogens (tertiary/aromatic N) is 1. The number of rotatable bonds is 4. The van der Waals surface area contributed by atoms with Crippen LogP contribution in [0.5, 0.6) is 0 Å². The second-order valence-corrected chi connectivity index (χ2v) is 12.0. The monoisotopic (exact) mass is 424 g/mol. The third kappa shape index (κ3) is 2.58. The van der Waals surface area contributed by atoms with Crippen molar-refractivity contribution >= 4 is 32.4 Å². The highest BCUT2D eigenvalue weighted by Gasteiger charge is 2.53. The highest BCUT2D eigenvalue weighted by atomic mass is 32.2. The number of carbonyl (C=O) groups is 1. The minimum absolute atomic E-state index is 0.0851. The molecule has 4 bridgehead atoms. The summed E-state index contributed by atoms with van der Waals surface area (Å²) in [5.74, 6) is 2.26. The molecule has 4 aliphatic carbocycles. The van der Waals surface area contributed by atoms with Gasteiger partial charge in [-0.15, -0.1) is 0 Å². The molecule has 2 aromatic carbocycles. The predicted molar refractivity (Wildman–Crippen MR) is 117 cm³/mol. The third-order valence-corrected chi connectivity index (χ3v) is 10.2. The van der Waals surface area contributed by atoms with Crippen molar-refractivity contribution in [3.8, 4) is 0 Å². The number of hydrogen-bond acceptors (Lipinski definition) is 3. The molecule has 30 heavy (non-hydrogen) atoms. The smallest absolute Gasteiger partial charge is 0.265 e. The number of carbonyl (C=O) groups excluding carboxylic acids is 1. The summed E-state index contributed by atoms with van der Waals surface area (Å²) in [5.41, 5.74) is 0.817. The van der Waals surface area contributed by atoms with Gasteiger partial charge in [0.25, 0.3) is 10.0 Å². The molecule has 1 aliphatic heterocycles. The predicted octanol–water partition coefficient (Wildman–Crippen LogP) is 4.07. The van der Waals surface area contributed by atoms with E-state index < -0.39 is 10.0 Å². The maximum Gasteiger partial charge on any atom is 0.265 e. The fourth-order valence-corrected chi connectivity index (χ4v) is 9.07. The Kier molecular flexibility index (Phi) is 3.87. The first kappa shape index (κ1) is 18.7. The fourth-order valence-electron chi connectivity index (χ4n) is 7.41. The van der Waals surface area contributed by atoms with Gasteiger partial charge in [0.2, 0.25) is 5.91 Å². The quantitative estimate of drug-likeness (QED) is 0.805. The van der Waals surface area contributed by atoms with E-state index in [0.29, 0.717) is 10.6 Å². The number of nitrogens with one attached hydrogen (secondary N) is 1. The molecule has 0 aromatic heterocycles. The summed E-state index contributed by atoms with van der Waals surface area (Å²) >= 11 is 0. The Hall–Kier alpha value is -2.08. The van der Waals surface area contributed by atoms with Crippen LogP contribution in [0.1, 0.15) is 45.4 Å². The number of hydrogen-bond donors (Lipinski definition) is 1. The largest absolute Gasteiger partial charge is 0.352 e. The van der Waals surface area contributed by atoms with E-state index >= 15 is 0 Å². The van der Waals surface area contributed by atoms with Crippen LogP contribution < -0.4 is 9.62 Å². The van der Waals surface area contributed by atoms with Crippen LogP contribution >= 0.6 is 0 Å². The van der Waals surface area contributed by atoms with E-state index in [1.54, 1.807) is 18.2 Å². The lowest BCUT2D eigenvalue weighted by molar-refractivity contribution is -0.124. The van der Waals surface area contributed by atoms with Crippen molar-refractivity contribution in [2.75, 3.05) is 10.8 Å². The molecule has 4 fully saturated rings. The van der Waals surface area contributed by atoms with Crippen molar-refractivity contribution < 1.29 is 13.2 Å². The Morgan fingerprint density at radius 3 is 2.30 bits per heavy atom. The summed E-state index contributed by atoms with van der Waals surface area (Å²) in [7, 11) is -3.70. The molecule has 7 rings (SSSR count). The average Bonchev–Trinajstić information content (AvgIpc) is 2.90. The van der Waals surface area contributed by atoms with Gasteiger partial charge in [-0.05, 0) is 86.1 Å². The molecule has 6 heteroatoms. The van der Waals surface area contributed by atoms with Crippen LogP contribution in [-0.4, -0.2) is 26.9 Å². The van der Waals surface area contributed by atoms with Gasteiger partial charge in [0.1, 0.15) is 6.54 Å². The van der Waals surface area contributed by atoms with Crippen molar-refractivity contribution in [2.45, 2.75) is 56.4 Å². The molecule has 5 aliphatic rings. The molecule has 1 amide bonds. The van der Waals surface area contributed by atoms with Crippen molar-refractivity contribution in [3.05, 3.63) is 36.4 Å². The number of sulfonamides is 1. The highest BCUT2D eigenvalue weighted by Crippen LogP contribution is 2.61. The molecule has 158 valence electrons. The van der Waals surface area contributed by atoms with Gasteiger partial charge in [-0.25, -0.2) is 8.42 Å². The molecule has 0 spiro atoms. The zero-order valence-corrected chi connectivity index (χ0v) is 18.1. The van der Waals surface area contributed by atoms with Crippen LogP contribution in [0.25, 0.3) is 10.8 Å². The Balaban J connectivity index is 1.24. The highest BCUT2D eigenvalue weighted by molar-refractivity contribution is 7.93. The van der Waals surface area contributed by atoms with Gasteiger partial charge in [-0.2, -0.15) is 0 Å². The summed E-state index contributed by atoms with van der Waals surface area (Å²) in [6.45, 7) is 1.98. The van der Waals surface area contributed by atoms with Crippen molar-refractivity contribution in [3.63, 3.8) is 0 Å². The minimum Gasteiger partial charge on any atom is -0.352 e. The molecular weight excluding hydrogens is 396 g/mol. The first-order valence-corrected chi connectivity index (χ1v) is 12.6. The van der Waals surface area contributed by atoms with Crippen molar-refractivity contribution in [2.24, 2.45) is 23.2 Å². The van der Waals surface area contributed by atoms with E-state index in [1.165, 1.54) is 42.8 Å². The normalized spacial score (nSPS) is 33.8. The first-order valence-electron chi connectivity index (χ1n) is 11.2. The molecule has 5 nitrogen and oxygen atoms in total. The lowest BCUT2D eigenvalue weighted by Crippen LogP contribution is -2.56. The SMILES string of the molecule is CC(NC(=O)CN1c2cccc3cccc(c23)S1(=O)=O)C12CC3CC(CC(C3)C1)C2. The van der Waals surface area contributed by atoms with Crippen molar-refractivity contribution in [1.82, 2.24) is 5.32 Å². The van der Waals surface area contributed by atoms with Crippen LogP contribution in [0.15, 0.2) is 41.3 Å². The van der Waals surface area contributed by atoms with Gasteiger partial charge in [0.05, 0.1) is 10.6 Å². The summed E-state index contributed by atoms with van der Waals surface area (Å²) in [6, 6.07) is 11.0. The summed E-state index contributed by atoms with van der Waals surface area (Å²) in [5, 5.41) is 4.83. The van der Waals surface area contributed by atoms with Crippen LogP contribution in [0.3, 0.4) is 0 Å². The zero-order chi connectivity index (χ0) is 20.7. The second kappa shape index (κ2) is 6.22. The average molecular weight is 425 g/mol. The van der Waals surface area contributed by atoms with E-state index in [4.69, 9.17) is 0 Å². The van der Waals surface area contributed by atoms with Crippen LogP contribution in [-0.2, 0) is 14.8 Å². The maximum atomic E-state index is 13.2. The van der Waals surface area contributed by atoms with Crippen LogP contribution in [0.4, 0.5) is 5.69 Å². The van der Waals surface area contributed by atoms with E-state index in [9.17, 15) is 13.2 Å². The number of anilines is 1. The Labute approximate surface area is 177 Å². The molecule has 1 atom stereocenters. The summed E-state index contributed by atoms with van der Waals surface area (Å²) < 4.78 is 27.6. The maximum absolute atomic E-state index is 13.2. The van der Waals surface area contributed by atoms with Gasteiger partial charge in [-0.3, -0.25) is 9.10 Å². The number of amides is 1. The Morgan fingerprint density at radius 2 is 1.67 bits per heavy atom. The van der Waals surface area contributed by atoms with E-state index in [2.05, 4.69) is 12.2 Å². The van der Waals surface area contributed by atoms with Gasteiger partial charge < -0.3 is 5.32 Å². The summed E-state index contributed by atoms with van der Waals surface area (Å²) in [6.07, 6.45) is 7.75. The number of benzene rings is 2. The zero-order valence-electron chi connectivity index (χ0n) is 17.3. The van der Waals surface area contributed by atoms with Gasteiger partial charge in [0.15, 0.2) is 0 Å². The molecule has 2 aromatic rings. The third-order valence-electron chi connectivity index (χ3n) is 8.35. The lowest BCUT2D eigenvalue weighted by atomic mass is 9.48. The lowest BCUT2D eigenvalue weighted by Gasteiger charge is -2.59. The Morgan fingerprint density at radius 1 is 1.07 bits per heavy atom. The van der Waals surface area contributed by atoms with Gasteiger partial charge in [0, 0.05) is 11.4 Å². The summed E-state index contributed by atoms with van der Waals surface area (Å²) in [4.78, 5) is 13.3. The standard InChI is InChI=1S/C24H28N2O3S/c1-15(24-11-16-8-17(12-24)10-18(9-16)13-24)25-22(27)14-26-20-6-2-4-19-5-3-7-21(23(19)20)30(26,28)29/h2-7,15-18H,8-14H2,1H3,(H,25,27). The minimum atomic E-state index is -3.70. The van der Waals surface area contributed by atoms with Gasteiger partial charge >= 0.3 is 0 Å². The molecule has 0 radical (unpaired) electrons. The molecule has 1 unspecified atom stereocenters. The topological polar surface area (TPSA) is 66.5 Å². The molecule has 1 N–H and O–H groups in total. The fraction of sp³-hybridized carbons (Fsp3) is 0.542. The van der Waals surface area contributed by atoms with E-state index in [1.807, 2.05) is 18.2 Å². The van der Waals surface area contributed by atoms with Gasteiger partial charge in [-0.1, -0.05) is 24.3 Å². The Bertz CT molecular complexity index is 1120. The molecular formula is C24H28N2O3S.